The Kier molecular flexibility index (Phi) is 6.93. The average Bonchev–Trinajstić information content (AvgIpc) is 2.90. The Morgan fingerprint density at radius 2 is 1.91 bits per heavy atom. The number of hydroxylamine groups is 1. The molecule has 3 aromatic heterocycles. The molecule has 0 aliphatic carbocycles. The zero-order chi connectivity index (χ0) is 23.9. The monoisotopic (exact) mass is 455 g/mol. The van der Waals surface area contributed by atoms with Gasteiger partial charge in [-0.2, -0.15) is 0 Å². The topological polar surface area (TPSA) is 129 Å². The molecule has 0 radical (unpaired) electrons. The highest BCUT2D eigenvalue weighted by molar-refractivity contribution is 6.09. The van der Waals surface area contributed by atoms with Crippen molar-refractivity contribution < 1.29 is 19.8 Å². The maximum atomic E-state index is 12.4. The third-order valence-corrected chi connectivity index (χ3v) is 4.97. The number of hydrogen-bond donors (Lipinski definition) is 4. The number of carbonyl (C=O) groups is 1. The van der Waals surface area contributed by atoms with Crippen molar-refractivity contribution in [2.75, 3.05) is 25.6 Å². The van der Waals surface area contributed by atoms with E-state index in [9.17, 15) is 10.0 Å². The molecule has 3 heterocycles. The van der Waals surface area contributed by atoms with Crippen molar-refractivity contribution in [3.8, 4) is 28.8 Å². The van der Waals surface area contributed by atoms with E-state index in [-0.39, 0.29) is 17.9 Å². The molecule has 1 amide bonds. The molecule has 170 valence electrons. The number of benzene rings is 1. The molecule has 4 aromatic rings. The zero-order valence-corrected chi connectivity index (χ0v) is 18.2. The van der Waals surface area contributed by atoms with Gasteiger partial charge in [-0.3, -0.25) is 15.0 Å². The molecule has 9 nitrogen and oxygen atoms in total. The van der Waals surface area contributed by atoms with Gasteiger partial charge in [0.1, 0.15) is 11.4 Å². The molecule has 0 aliphatic rings. The van der Waals surface area contributed by atoms with Gasteiger partial charge in [-0.15, -0.1) is 0 Å². The summed E-state index contributed by atoms with van der Waals surface area (Å²) in [6.45, 7) is 0.504. The third kappa shape index (κ3) is 4.78. The van der Waals surface area contributed by atoms with E-state index < -0.39 is 5.91 Å². The van der Waals surface area contributed by atoms with Gasteiger partial charge in [0.05, 0.1) is 36.7 Å². The van der Waals surface area contributed by atoms with Crippen LogP contribution in [-0.2, 0) is 0 Å². The summed E-state index contributed by atoms with van der Waals surface area (Å²) in [4.78, 5) is 25.4. The Morgan fingerprint density at radius 1 is 1.09 bits per heavy atom. The minimum absolute atomic E-state index is 0.0469. The number of pyridine rings is 3. The second-order valence-electron chi connectivity index (χ2n) is 7.11. The molecule has 0 bridgehead atoms. The summed E-state index contributed by atoms with van der Waals surface area (Å²) in [7, 11) is 1.44. The lowest BCUT2D eigenvalue weighted by Crippen LogP contribution is -2.20. The summed E-state index contributed by atoms with van der Waals surface area (Å²) in [5.74, 6) is 5.60. The number of carbonyl (C=O) groups excluding carboxylic acids is 1. The van der Waals surface area contributed by atoms with Crippen LogP contribution in [0.25, 0.3) is 22.2 Å². The number of hydrogen-bond acceptors (Lipinski definition) is 8. The number of aliphatic hydroxyl groups is 1. The first-order valence-electron chi connectivity index (χ1n) is 10.3. The standard InChI is InChI=1S/C25H21N5O4/c1-34-24-22(25(32)30-33)20-15-26-11-10-21(20)29-23(24)17-5-2-16(3-6-17)4-7-18-8-9-19(14-28-18)27-12-13-31/h2-3,5-6,8-11,14-15,27,31,33H,12-13H2,1H3,(H,30,32). The van der Waals surface area contributed by atoms with Gasteiger partial charge in [0.15, 0.2) is 5.75 Å². The van der Waals surface area contributed by atoms with E-state index in [2.05, 4.69) is 32.1 Å². The molecule has 0 aliphatic heterocycles. The van der Waals surface area contributed by atoms with Crippen LogP contribution >= 0.6 is 0 Å². The quantitative estimate of drug-likeness (QED) is 0.198. The van der Waals surface area contributed by atoms with Crippen LogP contribution < -0.4 is 15.5 Å². The Hall–Kier alpha value is -4.52. The fourth-order valence-corrected chi connectivity index (χ4v) is 3.39. The van der Waals surface area contributed by atoms with Crippen molar-refractivity contribution in [3.63, 3.8) is 0 Å². The van der Waals surface area contributed by atoms with Gasteiger partial charge in [-0.25, -0.2) is 15.4 Å². The smallest absolute Gasteiger partial charge is 0.279 e. The van der Waals surface area contributed by atoms with Crippen molar-refractivity contribution >= 4 is 22.5 Å². The lowest BCUT2D eigenvalue weighted by atomic mass is 10.0. The van der Waals surface area contributed by atoms with Crippen LogP contribution in [0.15, 0.2) is 61.1 Å². The number of fused-ring (bicyclic) bond motifs is 1. The van der Waals surface area contributed by atoms with Crippen molar-refractivity contribution in [1.29, 1.82) is 0 Å². The van der Waals surface area contributed by atoms with Crippen molar-refractivity contribution in [3.05, 3.63) is 77.9 Å². The van der Waals surface area contributed by atoms with Crippen LogP contribution in [0, 0.1) is 11.8 Å². The summed E-state index contributed by atoms with van der Waals surface area (Å²) >= 11 is 0. The third-order valence-electron chi connectivity index (χ3n) is 4.97. The highest BCUT2D eigenvalue weighted by Gasteiger charge is 2.22. The van der Waals surface area contributed by atoms with Crippen LogP contribution in [0.4, 0.5) is 5.69 Å². The number of aromatic nitrogens is 3. The largest absolute Gasteiger partial charge is 0.494 e. The lowest BCUT2D eigenvalue weighted by molar-refractivity contribution is 0.0705. The SMILES string of the molecule is COc1c(-c2ccc(C#Cc3ccc(NCCO)cn3)cc2)nc2ccncc2c1C(=O)NO. The predicted molar refractivity (Wildman–Crippen MR) is 127 cm³/mol. The molecule has 0 spiro atoms. The second kappa shape index (κ2) is 10.4. The van der Waals surface area contributed by atoms with E-state index in [1.807, 2.05) is 30.3 Å². The minimum Gasteiger partial charge on any atom is -0.494 e. The average molecular weight is 455 g/mol. The molecule has 0 saturated carbocycles. The highest BCUT2D eigenvalue weighted by atomic mass is 16.5. The Bertz CT molecular complexity index is 1380. The first-order chi connectivity index (χ1) is 16.6. The van der Waals surface area contributed by atoms with E-state index in [0.29, 0.717) is 34.4 Å². The summed E-state index contributed by atoms with van der Waals surface area (Å²) in [5.41, 5.74) is 5.71. The summed E-state index contributed by atoms with van der Waals surface area (Å²) < 4.78 is 5.51. The van der Waals surface area contributed by atoms with Gasteiger partial charge in [0.25, 0.3) is 5.91 Å². The van der Waals surface area contributed by atoms with Gasteiger partial charge in [0, 0.05) is 35.5 Å². The van der Waals surface area contributed by atoms with Crippen molar-refractivity contribution in [1.82, 2.24) is 20.4 Å². The van der Waals surface area contributed by atoms with Crippen molar-refractivity contribution in [2.45, 2.75) is 0 Å². The highest BCUT2D eigenvalue weighted by Crippen LogP contribution is 2.36. The normalized spacial score (nSPS) is 10.3. The first-order valence-corrected chi connectivity index (χ1v) is 10.3. The molecule has 0 saturated heterocycles. The molecule has 4 rings (SSSR count). The molecule has 34 heavy (non-hydrogen) atoms. The Balaban J connectivity index is 1.65. The summed E-state index contributed by atoms with van der Waals surface area (Å²) in [6.07, 6.45) is 4.74. The Morgan fingerprint density at radius 3 is 2.59 bits per heavy atom. The molecule has 1 aromatic carbocycles. The fourth-order valence-electron chi connectivity index (χ4n) is 3.39. The van der Waals surface area contributed by atoms with Gasteiger partial charge < -0.3 is 15.2 Å². The van der Waals surface area contributed by atoms with Crippen molar-refractivity contribution in [2.24, 2.45) is 0 Å². The number of nitrogens with zero attached hydrogens (tertiary/aromatic N) is 3. The van der Waals surface area contributed by atoms with E-state index in [1.165, 1.54) is 13.3 Å². The van der Waals surface area contributed by atoms with Gasteiger partial charge in [-0.05, 0) is 36.3 Å². The molecule has 0 unspecified atom stereocenters. The molecule has 4 N–H and O–H groups in total. The maximum absolute atomic E-state index is 12.4. The van der Waals surface area contributed by atoms with Crippen LogP contribution in [0.1, 0.15) is 21.6 Å². The number of ether oxygens (including phenoxy) is 1. The van der Waals surface area contributed by atoms with Gasteiger partial charge in [-0.1, -0.05) is 18.1 Å². The van der Waals surface area contributed by atoms with Crippen LogP contribution in [-0.4, -0.2) is 51.4 Å². The summed E-state index contributed by atoms with van der Waals surface area (Å²) in [5, 5.41) is 21.6. The molecule has 0 atom stereocenters. The summed E-state index contributed by atoms with van der Waals surface area (Å²) in [6, 6.07) is 12.7. The molecular formula is C25H21N5O4. The maximum Gasteiger partial charge on any atom is 0.279 e. The molecule has 9 heteroatoms. The Labute approximate surface area is 195 Å². The van der Waals surface area contributed by atoms with E-state index in [1.54, 1.807) is 30.0 Å². The van der Waals surface area contributed by atoms with E-state index in [0.717, 1.165) is 11.3 Å². The molecule has 0 fully saturated rings. The van der Waals surface area contributed by atoms with E-state index in [4.69, 9.17) is 9.84 Å². The number of rotatable bonds is 6. The fraction of sp³-hybridized carbons (Fsp3) is 0.120. The second-order valence-corrected chi connectivity index (χ2v) is 7.11. The van der Waals surface area contributed by atoms with Gasteiger partial charge >= 0.3 is 0 Å². The predicted octanol–water partition coefficient (Wildman–Crippen LogP) is 2.62. The van der Waals surface area contributed by atoms with Crippen LogP contribution in [0.3, 0.4) is 0 Å². The number of methoxy groups -OCH3 is 1. The van der Waals surface area contributed by atoms with Crippen LogP contribution in [0.2, 0.25) is 0 Å². The van der Waals surface area contributed by atoms with Gasteiger partial charge in [0.2, 0.25) is 0 Å². The number of nitrogens with one attached hydrogen (secondary N) is 2. The zero-order valence-electron chi connectivity index (χ0n) is 18.2. The number of aliphatic hydroxyl groups excluding tert-OH is 1. The first kappa shape index (κ1) is 22.7. The minimum atomic E-state index is -0.717. The van der Waals surface area contributed by atoms with E-state index >= 15 is 0 Å². The molecular weight excluding hydrogens is 434 g/mol. The lowest BCUT2D eigenvalue weighted by Gasteiger charge is -2.14. The number of amides is 1. The van der Waals surface area contributed by atoms with Crippen LogP contribution in [0.5, 0.6) is 5.75 Å². The number of anilines is 1.